The van der Waals surface area contributed by atoms with Gasteiger partial charge in [-0.15, -0.1) is 0 Å². The number of aromatic nitrogens is 2. The Labute approximate surface area is 125 Å². The summed E-state index contributed by atoms with van der Waals surface area (Å²) in [5.41, 5.74) is 0.636. The normalized spacial score (nSPS) is 11.7. The van der Waals surface area contributed by atoms with Crippen molar-refractivity contribution in [2.45, 2.75) is 12.8 Å². The quantitative estimate of drug-likeness (QED) is 0.782. The Balaban J connectivity index is 1.93. The molecule has 0 saturated carbocycles. The molecule has 0 aliphatic carbocycles. The average Bonchev–Trinajstić information content (AvgIpc) is 2.85. The van der Waals surface area contributed by atoms with Gasteiger partial charge < -0.3 is 10.4 Å². The van der Waals surface area contributed by atoms with Gasteiger partial charge in [-0.2, -0.15) is 4.37 Å². The molecular formula is C13H14N4O3S. The monoisotopic (exact) mass is 306 g/mol. The van der Waals surface area contributed by atoms with Crippen molar-refractivity contribution in [3.63, 3.8) is 0 Å². The van der Waals surface area contributed by atoms with Crippen molar-refractivity contribution in [2.75, 3.05) is 11.9 Å². The molecule has 0 aliphatic heterocycles. The van der Waals surface area contributed by atoms with Crippen molar-refractivity contribution in [1.82, 2.24) is 14.7 Å². The highest BCUT2D eigenvalue weighted by molar-refractivity contribution is 7.09. The van der Waals surface area contributed by atoms with Gasteiger partial charge in [-0.05, 0) is 12.5 Å². The topological polar surface area (TPSA) is 104 Å². The summed E-state index contributed by atoms with van der Waals surface area (Å²) in [6.45, 7) is 1.71. The Kier molecular flexibility index (Phi) is 4.83. The highest BCUT2D eigenvalue weighted by Crippen LogP contribution is 2.15. The number of amides is 2. The third-order valence-electron chi connectivity index (χ3n) is 2.71. The summed E-state index contributed by atoms with van der Waals surface area (Å²) in [4.78, 5) is 27.0. The minimum atomic E-state index is -0.992. The van der Waals surface area contributed by atoms with Crippen LogP contribution in [0, 0.1) is 6.92 Å². The first kappa shape index (κ1) is 14.9. The number of carbonyl (C=O) groups excluding carboxylic acids is 1. The molecular weight excluding hydrogens is 292 g/mol. The lowest BCUT2D eigenvalue weighted by atomic mass is 9.99. The molecule has 1 aromatic heterocycles. The predicted molar refractivity (Wildman–Crippen MR) is 78.5 cm³/mol. The largest absolute Gasteiger partial charge is 0.481 e. The van der Waals surface area contributed by atoms with Gasteiger partial charge in [0, 0.05) is 18.1 Å². The van der Waals surface area contributed by atoms with Crippen molar-refractivity contribution in [3.8, 4) is 0 Å². The number of carboxylic acid groups (broad SMARTS) is 1. The number of benzene rings is 1. The van der Waals surface area contributed by atoms with Crippen molar-refractivity contribution in [2.24, 2.45) is 0 Å². The summed E-state index contributed by atoms with van der Waals surface area (Å²) >= 11 is 1.07. The van der Waals surface area contributed by atoms with E-state index < -0.39 is 17.9 Å². The molecule has 0 fully saturated rings. The van der Waals surface area contributed by atoms with Crippen LogP contribution in [0.5, 0.6) is 0 Å². The fourth-order valence-electron chi connectivity index (χ4n) is 1.72. The average molecular weight is 306 g/mol. The van der Waals surface area contributed by atoms with E-state index in [-0.39, 0.29) is 6.54 Å². The number of hydrogen-bond acceptors (Lipinski definition) is 5. The first-order chi connectivity index (χ1) is 10.1. The Morgan fingerprint density at radius 3 is 2.62 bits per heavy atom. The van der Waals surface area contributed by atoms with E-state index in [0.717, 1.165) is 11.5 Å². The van der Waals surface area contributed by atoms with Gasteiger partial charge in [-0.3, -0.25) is 10.1 Å². The van der Waals surface area contributed by atoms with Gasteiger partial charge in [0.15, 0.2) is 0 Å². The lowest BCUT2D eigenvalue weighted by Crippen LogP contribution is -2.34. The van der Waals surface area contributed by atoms with Crippen LogP contribution in [0.25, 0.3) is 0 Å². The smallest absolute Gasteiger partial charge is 0.321 e. The zero-order valence-corrected chi connectivity index (χ0v) is 12.1. The highest BCUT2D eigenvalue weighted by atomic mass is 32.1. The summed E-state index contributed by atoms with van der Waals surface area (Å²) in [5.74, 6) is -1.22. The van der Waals surface area contributed by atoms with E-state index in [1.165, 1.54) is 0 Å². The van der Waals surface area contributed by atoms with E-state index in [2.05, 4.69) is 20.0 Å². The van der Waals surface area contributed by atoms with Crippen LogP contribution in [-0.2, 0) is 4.79 Å². The van der Waals surface area contributed by atoms with Gasteiger partial charge in [0.05, 0.1) is 5.92 Å². The zero-order valence-electron chi connectivity index (χ0n) is 11.2. The highest BCUT2D eigenvalue weighted by Gasteiger charge is 2.20. The molecule has 2 aromatic rings. The minimum absolute atomic E-state index is 0.0109. The van der Waals surface area contributed by atoms with Crippen molar-refractivity contribution in [3.05, 3.63) is 41.7 Å². The van der Waals surface area contributed by atoms with E-state index in [1.807, 2.05) is 0 Å². The molecule has 21 heavy (non-hydrogen) atoms. The molecule has 0 spiro atoms. The van der Waals surface area contributed by atoms with Gasteiger partial charge in [-0.25, -0.2) is 9.78 Å². The molecule has 0 saturated heterocycles. The second kappa shape index (κ2) is 6.80. The lowest BCUT2D eigenvalue weighted by Gasteiger charge is -2.13. The molecule has 0 radical (unpaired) electrons. The molecule has 2 rings (SSSR count). The van der Waals surface area contributed by atoms with E-state index >= 15 is 0 Å². The first-order valence-corrected chi connectivity index (χ1v) is 6.96. The Bertz CT molecular complexity index is 629. The van der Waals surface area contributed by atoms with E-state index in [0.29, 0.717) is 16.5 Å². The van der Waals surface area contributed by atoms with E-state index in [9.17, 15) is 14.7 Å². The summed E-state index contributed by atoms with van der Waals surface area (Å²) in [6.07, 6.45) is 0. The Morgan fingerprint density at radius 1 is 1.33 bits per heavy atom. The molecule has 0 bridgehead atoms. The number of aliphatic carboxylic acids is 1. The molecule has 1 atom stereocenters. The van der Waals surface area contributed by atoms with Gasteiger partial charge in [0.1, 0.15) is 5.82 Å². The molecule has 8 heteroatoms. The number of anilines is 1. The number of nitrogens with zero attached hydrogens (tertiary/aromatic N) is 2. The molecule has 110 valence electrons. The molecule has 1 unspecified atom stereocenters. The van der Waals surface area contributed by atoms with Crippen LogP contribution < -0.4 is 10.6 Å². The van der Waals surface area contributed by atoms with E-state index in [1.54, 1.807) is 37.3 Å². The lowest BCUT2D eigenvalue weighted by molar-refractivity contribution is -0.138. The van der Waals surface area contributed by atoms with Gasteiger partial charge in [0.25, 0.3) is 0 Å². The molecule has 2 amide bonds. The number of carbonyl (C=O) groups is 2. The molecule has 1 aromatic carbocycles. The predicted octanol–water partition coefficient (Wildman–Crippen LogP) is 1.84. The minimum Gasteiger partial charge on any atom is -0.481 e. The third kappa shape index (κ3) is 4.25. The molecule has 3 N–H and O–H groups in total. The number of nitrogens with one attached hydrogen (secondary N) is 2. The summed E-state index contributed by atoms with van der Waals surface area (Å²) in [6, 6.07) is 8.25. The maximum absolute atomic E-state index is 11.7. The summed E-state index contributed by atoms with van der Waals surface area (Å²) < 4.78 is 3.93. The maximum atomic E-state index is 11.7. The van der Waals surface area contributed by atoms with Crippen LogP contribution in [0.2, 0.25) is 0 Å². The SMILES string of the molecule is Cc1nsc(NC(=O)NCC(C(=O)O)c2ccccc2)n1. The fourth-order valence-corrected chi connectivity index (χ4v) is 2.29. The van der Waals surface area contributed by atoms with Crippen LogP contribution in [0.3, 0.4) is 0 Å². The van der Waals surface area contributed by atoms with E-state index in [4.69, 9.17) is 0 Å². The van der Waals surface area contributed by atoms with Gasteiger partial charge in [-0.1, -0.05) is 30.3 Å². The molecule has 1 heterocycles. The second-order valence-electron chi connectivity index (χ2n) is 4.28. The Hall–Kier alpha value is -2.48. The maximum Gasteiger partial charge on any atom is 0.321 e. The number of aryl methyl sites for hydroxylation is 1. The summed E-state index contributed by atoms with van der Waals surface area (Å²) in [5, 5.41) is 14.7. The fraction of sp³-hybridized carbons (Fsp3) is 0.231. The molecule has 0 aliphatic rings. The van der Waals surface area contributed by atoms with Crippen LogP contribution in [0.4, 0.5) is 9.93 Å². The van der Waals surface area contributed by atoms with Crippen LogP contribution in [-0.4, -0.2) is 33.0 Å². The van der Waals surface area contributed by atoms with Gasteiger partial charge in [0.2, 0.25) is 5.13 Å². The standard InChI is InChI=1S/C13H14N4O3S/c1-8-15-13(21-17-8)16-12(20)14-7-10(11(18)19)9-5-3-2-4-6-9/h2-6,10H,7H2,1H3,(H,18,19)(H2,14,15,16,17,20). The number of hydrogen-bond donors (Lipinski definition) is 3. The summed E-state index contributed by atoms with van der Waals surface area (Å²) in [7, 11) is 0. The number of rotatable bonds is 5. The van der Waals surface area contributed by atoms with Crippen molar-refractivity contribution < 1.29 is 14.7 Å². The van der Waals surface area contributed by atoms with Crippen molar-refractivity contribution >= 4 is 28.7 Å². The van der Waals surface area contributed by atoms with Crippen molar-refractivity contribution in [1.29, 1.82) is 0 Å². The molecule has 7 nitrogen and oxygen atoms in total. The van der Waals surface area contributed by atoms with Gasteiger partial charge >= 0.3 is 12.0 Å². The first-order valence-electron chi connectivity index (χ1n) is 6.19. The second-order valence-corrected chi connectivity index (χ2v) is 5.04. The third-order valence-corrected chi connectivity index (χ3v) is 3.44. The number of carboxylic acids is 1. The van der Waals surface area contributed by atoms with Crippen LogP contribution in [0.1, 0.15) is 17.3 Å². The Morgan fingerprint density at radius 2 is 2.05 bits per heavy atom. The zero-order chi connectivity index (χ0) is 15.2. The van der Waals surface area contributed by atoms with Crippen LogP contribution in [0.15, 0.2) is 30.3 Å². The number of urea groups is 1. The van der Waals surface area contributed by atoms with Crippen LogP contribution >= 0.6 is 11.5 Å².